The number of hydrogen-bond donors (Lipinski definition) is 2. The van der Waals surface area contributed by atoms with Gasteiger partial charge < -0.3 is 20.0 Å². The van der Waals surface area contributed by atoms with Crippen LogP contribution in [0.2, 0.25) is 0 Å². The first-order valence-corrected chi connectivity index (χ1v) is 8.59. The van der Waals surface area contributed by atoms with E-state index < -0.39 is 0 Å². The number of nitrogens with zero attached hydrogens (tertiary/aromatic N) is 2. The highest BCUT2D eigenvalue weighted by atomic mass is 16.3. The van der Waals surface area contributed by atoms with Crippen LogP contribution < -0.4 is 15.5 Å². The molecule has 0 unspecified atom stereocenters. The maximum Gasteiger partial charge on any atom is 0.253 e. The Hall–Kier alpha value is -3.61. The summed E-state index contributed by atoms with van der Waals surface area (Å²) in [7, 11) is 0. The highest BCUT2D eigenvalue weighted by Crippen LogP contribution is 2.29. The minimum Gasteiger partial charge on any atom is -0.467 e. The molecular weight excluding hydrogens is 344 g/mol. The van der Waals surface area contributed by atoms with Crippen LogP contribution >= 0.6 is 0 Å². The molecule has 1 aliphatic rings. The first-order valence-electron chi connectivity index (χ1n) is 8.59. The molecule has 1 aliphatic heterocycles. The Bertz CT molecular complexity index is 955. The molecule has 2 aromatic heterocycles. The number of benzene rings is 1. The van der Waals surface area contributed by atoms with Crippen molar-refractivity contribution in [3.63, 3.8) is 0 Å². The van der Waals surface area contributed by atoms with Gasteiger partial charge in [0.15, 0.2) is 5.82 Å². The molecule has 0 atom stereocenters. The van der Waals surface area contributed by atoms with Gasteiger partial charge in [0, 0.05) is 6.20 Å². The predicted molar refractivity (Wildman–Crippen MR) is 100 cm³/mol. The van der Waals surface area contributed by atoms with Crippen LogP contribution in [-0.4, -0.2) is 23.3 Å². The van der Waals surface area contributed by atoms with Gasteiger partial charge in [0.1, 0.15) is 5.76 Å². The fourth-order valence-electron chi connectivity index (χ4n) is 2.93. The van der Waals surface area contributed by atoms with Gasteiger partial charge in [-0.05, 0) is 23.8 Å². The summed E-state index contributed by atoms with van der Waals surface area (Å²) in [5.74, 6) is 0.908. The molecule has 2 amide bonds. The molecule has 0 bridgehead atoms. The lowest BCUT2D eigenvalue weighted by atomic mass is 10.1. The standard InChI is InChI=1S/C20H18N4O3/c25-18-12-22-19-17(24(18)13-14-5-2-1-3-6-14)9-15(10-21-19)20(26)23-11-16-7-4-8-27-16/h1-10H,11-13H2,(H,21,22)(H,23,26). The number of pyridine rings is 1. The van der Waals surface area contributed by atoms with Crippen LogP contribution in [0, 0.1) is 0 Å². The number of furan rings is 1. The van der Waals surface area contributed by atoms with Crippen molar-refractivity contribution >= 4 is 23.3 Å². The Kier molecular flexibility index (Phi) is 4.57. The minimum absolute atomic E-state index is 0.0682. The summed E-state index contributed by atoms with van der Waals surface area (Å²) in [6.07, 6.45) is 3.06. The summed E-state index contributed by atoms with van der Waals surface area (Å²) in [6, 6.07) is 15.0. The second-order valence-corrected chi connectivity index (χ2v) is 6.17. The monoisotopic (exact) mass is 362 g/mol. The number of anilines is 2. The van der Waals surface area contributed by atoms with E-state index >= 15 is 0 Å². The molecular formula is C20H18N4O3. The van der Waals surface area contributed by atoms with Gasteiger partial charge in [-0.15, -0.1) is 0 Å². The van der Waals surface area contributed by atoms with Gasteiger partial charge in [-0.25, -0.2) is 4.98 Å². The zero-order chi connectivity index (χ0) is 18.6. The van der Waals surface area contributed by atoms with E-state index in [9.17, 15) is 9.59 Å². The molecule has 0 fully saturated rings. The number of fused-ring (bicyclic) bond motifs is 1. The second kappa shape index (κ2) is 7.33. The SMILES string of the molecule is O=C(NCc1ccco1)c1cnc2c(c1)N(Cc1ccccc1)C(=O)CN2. The molecule has 27 heavy (non-hydrogen) atoms. The van der Waals surface area contributed by atoms with Crippen molar-refractivity contribution in [2.24, 2.45) is 0 Å². The maximum absolute atomic E-state index is 12.5. The molecule has 0 saturated carbocycles. The quantitative estimate of drug-likeness (QED) is 0.728. The highest BCUT2D eigenvalue weighted by Gasteiger charge is 2.26. The number of amides is 2. The lowest BCUT2D eigenvalue weighted by molar-refractivity contribution is -0.117. The smallest absolute Gasteiger partial charge is 0.253 e. The summed E-state index contributed by atoms with van der Waals surface area (Å²) in [5, 5.41) is 5.79. The van der Waals surface area contributed by atoms with Crippen molar-refractivity contribution in [3.8, 4) is 0 Å². The third-order valence-corrected chi connectivity index (χ3v) is 4.32. The molecule has 3 heterocycles. The first-order chi connectivity index (χ1) is 13.2. The molecule has 1 aromatic carbocycles. The molecule has 0 aliphatic carbocycles. The topological polar surface area (TPSA) is 87.5 Å². The van der Waals surface area contributed by atoms with Gasteiger partial charge in [0.05, 0.1) is 37.1 Å². The molecule has 3 aromatic rings. The van der Waals surface area contributed by atoms with Crippen LogP contribution in [0.4, 0.5) is 11.5 Å². The average Bonchev–Trinajstić information content (AvgIpc) is 3.22. The molecule has 4 rings (SSSR count). The fraction of sp³-hybridized carbons (Fsp3) is 0.150. The number of nitrogens with one attached hydrogen (secondary N) is 2. The predicted octanol–water partition coefficient (Wildman–Crippen LogP) is 2.56. The van der Waals surface area contributed by atoms with Gasteiger partial charge in [0.25, 0.3) is 5.91 Å². The van der Waals surface area contributed by atoms with Crippen LogP contribution in [-0.2, 0) is 17.9 Å². The van der Waals surface area contributed by atoms with E-state index in [1.54, 1.807) is 29.4 Å². The van der Waals surface area contributed by atoms with E-state index in [0.29, 0.717) is 29.4 Å². The maximum atomic E-state index is 12.5. The van der Waals surface area contributed by atoms with Gasteiger partial charge >= 0.3 is 0 Å². The fourth-order valence-corrected chi connectivity index (χ4v) is 2.93. The highest BCUT2D eigenvalue weighted by molar-refractivity contribution is 6.04. The van der Waals surface area contributed by atoms with E-state index in [-0.39, 0.29) is 24.9 Å². The Morgan fingerprint density at radius 1 is 1.22 bits per heavy atom. The molecule has 2 N–H and O–H groups in total. The number of hydrogen-bond acceptors (Lipinski definition) is 5. The number of aromatic nitrogens is 1. The molecule has 0 saturated heterocycles. The zero-order valence-electron chi connectivity index (χ0n) is 14.5. The van der Waals surface area contributed by atoms with Crippen molar-refractivity contribution in [2.75, 3.05) is 16.8 Å². The molecule has 7 nitrogen and oxygen atoms in total. The summed E-state index contributed by atoms with van der Waals surface area (Å²) >= 11 is 0. The molecule has 136 valence electrons. The van der Waals surface area contributed by atoms with Crippen LogP contribution in [0.1, 0.15) is 21.7 Å². The van der Waals surface area contributed by atoms with E-state index in [1.807, 2.05) is 30.3 Å². The average molecular weight is 362 g/mol. The van der Waals surface area contributed by atoms with Crippen molar-refractivity contribution < 1.29 is 14.0 Å². The van der Waals surface area contributed by atoms with Crippen LogP contribution in [0.3, 0.4) is 0 Å². The summed E-state index contributed by atoms with van der Waals surface area (Å²) < 4.78 is 5.21. The van der Waals surface area contributed by atoms with Gasteiger partial charge in [-0.1, -0.05) is 30.3 Å². The van der Waals surface area contributed by atoms with Crippen LogP contribution in [0.5, 0.6) is 0 Å². The van der Waals surface area contributed by atoms with Crippen molar-refractivity contribution in [2.45, 2.75) is 13.1 Å². The largest absolute Gasteiger partial charge is 0.467 e. The molecule has 7 heteroatoms. The third-order valence-electron chi connectivity index (χ3n) is 4.32. The van der Waals surface area contributed by atoms with Crippen LogP contribution in [0.15, 0.2) is 65.4 Å². The van der Waals surface area contributed by atoms with Gasteiger partial charge in [-0.2, -0.15) is 0 Å². The van der Waals surface area contributed by atoms with E-state index in [4.69, 9.17) is 4.42 Å². The number of carbonyl (C=O) groups is 2. The van der Waals surface area contributed by atoms with Gasteiger partial charge in [-0.3, -0.25) is 9.59 Å². The van der Waals surface area contributed by atoms with Crippen molar-refractivity contribution in [3.05, 3.63) is 77.9 Å². The summed E-state index contributed by atoms with van der Waals surface area (Å²) in [5.41, 5.74) is 1.99. The summed E-state index contributed by atoms with van der Waals surface area (Å²) in [6.45, 7) is 0.887. The first kappa shape index (κ1) is 16.8. The van der Waals surface area contributed by atoms with Crippen LogP contribution in [0.25, 0.3) is 0 Å². The second-order valence-electron chi connectivity index (χ2n) is 6.17. The zero-order valence-corrected chi connectivity index (χ0v) is 14.5. The Morgan fingerprint density at radius 3 is 2.85 bits per heavy atom. The van der Waals surface area contributed by atoms with Crippen molar-refractivity contribution in [1.82, 2.24) is 10.3 Å². The van der Waals surface area contributed by atoms with Gasteiger partial charge in [0.2, 0.25) is 5.91 Å². The lowest BCUT2D eigenvalue weighted by Crippen LogP contribution is -2.40. The lowest BCUT2D eigenvalue weighted by Gasteiger charge is -2.29. The Labute approximate surface area is 156 Å². The summed E-state index contributed by atoms with van der Waals surface area (Å²) in [4.78, 5) is 30.9. The van der Waals surface area contributed by atoms with Crippen molar-refractivity contribution in [1.29, 1.82) is 0 Å². The van der Waals surface area contributed by atoms with E-state index in [0.717, 1.165) is 5.56 Å². The van der Waals surface area contributed by atoms with E-state index in [1.165, 1.54) is 6.20 Å². The van der Waals surface area contributed by atoms with E-state index in [2.05, 4.69) is 15.6 Å². The number of carbonyl (C=O) groups excluding carboxylic acids is 2. The normalized spacial score (nSPS) is 13.0. The minimum atomic E-state index is -0.278. The number of rotatable bonds is 5. The third kappa shape index (κ3) is 3.67. The molecule has 0 spiro atoms. The Morgan fingerprint density at radius 2 is 2.07 bits per heavy atom. The Balaban J connectivity index is 1.56. The molecule has 0 radical (unpaired) electrons.